The SMILES string of the molecule is Cc1nc(COc2cccc(/C=C/C(=O)NNC(=O)c3ccc[nH]3)c2)cs1. The number of aromatic amines is 1. The Balaban J connectivity index is 1.50. The lowest BCUT2D eigenvalue weighted by molar-refractivity contribution is -0.117. The number of aromatic nitrogens is 2. The van der Waals surface area contributed by atoms with Crippen LogP contribution in [0.5, 0.6) is 5.75 Å². The summed E-state index contributed by atoms with van der Waals surface area (Å²) in [5.41, 5.74) is 6.69. The van der Waals surface area contributed by atoms with E-state index in [0.29, 0.717) is 18.1 Å². The summed E-state index contributed by atoms with van der Waals surface area (Å²) in [7, 11) is 0. The number of rotatable bonds is 6. The van der Waals surface area contributed by atoms with Crippen molar-refractivity contribution in [1.82, 2.24) is 20.8 Å². The number of carbonyl (C=O) groups excluding carboxylic acids is 2. The third-order valence-electron chi connectivity index (χ3n) is 3.48. The minimum atomic E-state index is -0.445. The molecule has 138 valence electrons. The highest BCUT2D eigenvalue weighted by Crippen LogP contribution is 2.17. The zero-order valence-corrected chi connectivity index (χ0v) is 15.4. The summed E-state index contributed by atoms with van der Waals surface area (Å²) in [6, 6.07) is 10.7. The monoisotopic (exact) mass is 382 g/mol. The van der Waals surface area contributed by atoms with E-state index in [9.17, 15) is 9.59 Å². The maximum absolute atomic E-state index is 11.8. The van der Waals surface area contributed by atoms with Crippen LogP contribution in [0.4, 0.5) is 0 Å². The van der Waals surface area contributed by atoms with Crippen LogP contribution in [-0.4, -0.2) is 21.8 Å². The number of benzene rings is 1. The number of ether oxygens (including phenoxy) is 1. The van der Waals surface area contributed by atoms with Gasteiger partial charge in [0, 0.05) is 17.7 Å². The molecule has 3 N–H and O–H groups in total. The van der Waals surface area contributed by atoms with Crippen LogP contribution < -0.4 is 15.6 Å². The van der Waals surface area contributed by atoms with E-state index in [-0.39, 0.29) is 0 Å². The minimum Gasteiger partial charge on any atom is -0.487 e. The molecule has 27 heavy (non-hydrogen) atoms. The summed E-state index contributed by atoms with van der Waals surface area (Å²) in [5.74, 6) is -0.183. The van der Waals surface area contributed by atoms with Crippen molar-refractivity contribution in [3.8, 4) is 5.75 Å². The van der Waals surface area contributed by atoms with Gasteiger partial charge in [0.25, 0.3) is 11.8 Å². The average Bonchev–Trinajstić information content (AvgIpc) is 3.35. The van der Waals surface area contributed by atoms with Crippen LogP contribution in [0, 0.1) is 6.92 Å². The van der Waals surface area contributed by atoms with Crippen molar-refractivity contribution in [1.29, 1.82) is 0 Å². The van der Waals surface area contributed by atoms with Crippen LogP contribution in [0.1, 0.15) is 26.8 Å². The van der Waals surface area contributed by atoms with Gasteiger partial charge < -0.3 is 9.72 Å². The maximum atomic E-state index is 11.8. The topological polar surface area (TPSA) is 96.1 Å². The first-order chi connectivity index (χ1) is 13.1. The Hall–Kier alpha value is -3.39. The summed E-state index contributed by atoms with van der Waals surface area (Å²) in [6.45, 7) is 2.34. The lowest BCUT2D eigenvalue weighted by atomic mass is 10.2. The van der Waals surface area contributed by atoms with Gasteiger partial charge in [0.1, 0.15) is 18.1 Å². The number of hydrogen-bond donors (Lipinski definition) is 3. The summed E-state index contributed by atoms with van der Waals surface area (Å²) < 4.78 is 5.72. The molecule has 3 aromatic rings. The molecule has 3 rings (SSSR count). The van der Waals surface area contributed by atoms with Gasteiger partial charge >= 0.3 is 0 Å². The molecule has 2 heterocycles. The van der Waals surface area contributed by atoms with Gasteiger partial charge in [-0.3, -0.25) is 20.4 Å². The van der Waals surface area contributed by atoms with Gasteiger partial charge in [0.2, 0.25) is 0 Å². The molecular formula is C19H18N4O3S. The van der Waals surface area contributed by atoms with Crippen LogP contribution >= 0.6 is 11.3 Å². The summed E-state index contributed by atoms with van der Waals surface area (Å²) in [4.78, 5) is 30.6. The van der Waals surface area contributed by atoms with E-state index in [0.717, 1.165) is 16.3 Å². The van der Waals surface area contributed by atoms with Gasteiger partial charge in [-0.15, -0.1) is 11.3 Å². The smallest absolute Gasteiger partial charge is 0.286 e. The normalized spacial score (nSPS) is 10.7. The molecule has 1 aromatic carbocycles. The molecule has 2 aromatic heterocycles. The van der Waals surface area contributed by atoms with Crippen molar-refractivity contribution in [2.24, 2.45) is 0 Å². The van der Waals surface area contributed by atoms with E-state index in [1.54, 1.807) is 35.7 Å². The Bertz CT molecular complexity index is 948. The lowest BCUT2D eigenvalue weighted by Crippen LogP contribution is -2.40. The lowest BCUT2D eigenvalue weighted by Gasteiger charge is -2.05. The number of aryl methyl sites for hydroxylation is 1. The van der Waals surface area contributed by atoms with E-state index in [4.69, 9.17) is 4.74 Å². The van der Waals surface area contributed by atoms with Gasteiger partial charge in [0.05, 0.1) is 10.7 Å². The number of nitrogens with one attached hydrogen (secondary N) is 3. The van der Waals surface area contributed by atoms with Gasteiger partial charge in [-0.25, -0.2) is 4.98 Å². The van der Waals surface area contributed by atoms with Crippen LogP contribution in [0.3, 0.4) is 0 Å². The highest BCUT2D eigenvalue weighted by Gasteiger charge is 2.06. The predicted molar refractivity (Wildman–Crippen MR) is 103 cm³/mol. The number of amides is 2. The minimum absolute atomic E-state index is 0.361. The van der Waals surface area contributed by atoms with E-state index < -0.39 is 11.8 Å². The van der Waals surface area contributed by atoms with E-state index in [2.05, 4.69) is 20.8 Å². The van der Waals surface area contributed by atoms with E-state index >= 15 is 0 Å². The third kappa shape index (κ3) is 5.55. The number of hydrazine groups is 1. The van der Waals surface area contributed by atoms with Crippen molar-refractivity contribution in [2.45, 2.75) is 13.5 Å². The first kappa shape index (κ1) is 18.4. The molecular weight excluding hydrogens is 364 g/mol. The largest absolute Gasteiger partial charge is 0.487 e. The molecule has 0 radical (unpaired) electrons. The predicted octanol–water partition coefficient (Wildman–Crippen LogP) is 2.83. The average molecular weight is 382 g/mol. The number of H-pyrrole nitrogens is 1. The van der Waals surface area contributed by atoms with Gasteiger partial charge in [-0.05, 0) is 42.8 Å². The molecule has 0 aliphatic carbocycles. The van der Waals surface area contributed by atoms with Gasteiger partial charge in [-0.2, -0.15) is 0 Å². The molecule has 8 heteroatoms. The number of hydrogen-bond acceptors (Lipinski definition) is 5. The Morgan fingerprint density at radius 1 is 1.26 bits per heavy atom. The van der Waals surface area contributed by atoms with Crippen LogP contribution in [0.25, 0.3) is 6.08 Å². The standard InChI is InChI=1S/C19H18N4O3S/c1-13-21-15(12-27-13)11-26-16-5-2-4-14(10-16)7-8-18(24)22-23-19(25)17-6-3-9-20-17/h2-10,12,20H,11H2,1H3,(H,22,24)(H,23,25)/b8-7+. The molecule has 0 unspecified atom stereocenters. The second-order valence-corrected chi connectivity index (χ2v) is 6.64. The van der Waals surface area contributed by atoms with E-state index in [1.165, 1.54) is 6.08 Å². The number of thiazole rings is 1. The first-order valence-corrected chi connectivity index (χ1v) is 9.04. The summed E-state index contributed by atoms with van der Waals surface area (Å²) in [5, 5.41) is 2.96. The fourth-order valence-corrected chi connectivity index (χ4v) is 2.81. The molecule has 0 saturated heterocycles. The quantitative estimate of drug-likeness (QED) is 0.451. The van der Waals surface area contributed by atoms with Crippen molar-refractivity contribution < 1.29 is 14.3 Å². The van der Waals surface area contributed by atoms with Gasteiger partial charge in [-0.1, -0.05) is 12.1 Å². The first-order valence-electron chi connectivity index (χ1n) is 8.16. The van der Waals surface area contributed by atoms with Gasteiger partial charge in [0.15, 0.2) is 0 Å². The second-order valence-electron chi connectivity index (χ2n) is 5.58. The third-order valence-corrected chi connectivity index (χ3v) is 4.30. The molecule has 0 saturated carbocycles. The molecule has 0 aliphatic heterocycles. The van der Waals surface area contributed by atoms with Crippen molar-refractivity contribution in [2.75, 3.05) is 0 Å². The van der Waals surface area contributed by atoms with E-state index in [1.807, 2.05) is 36.6 Å². The highest BCUT2D eigenvalue weighted by atomic mass is 32.1. The molecule has 0 aliphatic rings. The second kappa shape index (κ2) is 8.81. The van der Waals surface area contributed by atoms with Crippen LogP contribution in [0.15, 0.2) is 54.1 Å². The maximum Gasteiger partial charge on any atom is 0.286 e. The van der Waals surface area contributed by atoms with Crippen LogP contribution in [-0.2, 0) is 11.4 Å². The molecule has 0 bridgehead atoms. The van der Waals surface area contributed by atoms with Crippen molar-refractivity contribution >= 4 is 29.2 Å². The summed E-state index contributed by atoms with van der Waals surface area (Å²) in [6.07, 6.45) is 4.59. The zero-order chi connectivity index (χ0) is 19.1. The highest BCUT2D eigenvalue weighted by molar-refractivity contribution is 7.09. The Morgan fingerprint density at radius 3 is 2.89 bits per heavy atom. The Morgan fingerprint density at radius 2 is 2.15 bits per heavy atom. The summed E-state index contributed by atoms with van der Waals surface area (Å²) >= 11 is 1.58. The van der Waals surface area contributed by atoms with Crippen molar-refractivity contribution in [3.63, 3.8) is 0 Å². The Kier molecular flexibility index (Phi) is 6.01. The number of carbonyl (C=O) groups is 2. The molecule has 0 fully saturated rings. The molecule has 0 atom stereocenters. The number of nitrogens with zero attached hydrogens (tertiary/aromatic N) is 1. The van der Waals surface area contributed by atoms with Crippen LogP contribution in [0.2, 0.25) is 0 Å². The van der Waals surface area contributed by atoms with Crippen molar-refractivity contribution in [3.05, 3.63) is 76.0 Å². The molecule has 0 spiro atoms. The molecule has 7 nitrogen and oxygen atoms in total. The fraction of sp³-hybridized carbons (Fsp3) is 0.105. The fourth-order valence-electron chi connectivity index (χ4n) is 2.21. The Labute approximate surface area is 160 Å². The zero-order valence-electron chi connectivity index (χ0n) is 14.6. The molecule has 2 amide bonds.